The monoisotopic (exact) mass is 411 g/mol. The molecule has 0 saturated carbocycles. The maximum absolute atomic E-state index is 12.9. The van der Waals surface area contributed by atoms with E-state index in [1.807, 2.05) is 38.1 Å². The van der Waals surface area contributed by atoms with Crippen molar-refractivity contribution in [1.29, 1.82) is 0 Å². The largest absolute Gasteiger partial charge is 0.376 e. The van der Waals surface area contributed by atoms with Crippen molar-refractivity contribution < 1.29 is 9.53 Å². The third-order valence-corrected chi connectivity index (χ3v) is 6.59. The summed E-state index contributed by atoms with van der Waals surface area (Å²) in [5.74, 6) is 0.284. The van der Waals surface area contributed by atoms with Crippen LogP contribution in [-0.4, -0.2) is 38.4 Å². The van der Waals surface area contributed by atoms with E-state index in [-0.39, 0.29) is 23.2 Å². The van der Waals surface area contributed by atoms with Crippen LogP contribution in [-0.2, 0) is 18.3 Å². The Labute approximate surface area is 173 Å². The SMILES string of the molecule is Cc1cc(C(=O)CSc2nc3ccccc3c(=O)n2C)c(C)n1C[C@H]1CCCO1. The third kappa shape index (κ3) is 3.89. The van der Waals surface area contributed by atoms with Crippen LogP contribution in [0.2, 0.25) is 0 Å². The Morgan fingerprint density at radius 1 is 1.31 bits per heavy atom. The molecule has 0 aliphatic carbocycles. The van der Waals surface area contributed by atoms with E-state index in [0.29, 0.717) is 16.1 Å². The number of para-hydroxylation sites is 1. The number of nitrogens with zero attached hydrogens (tertiary/aromatic N) is 3. The van der Waals surface area contributed by atoms with Gasteiger partial charge in [-0.15, -0.1) is 0 Å². The van der Waals surface area contributed by atoms with E-state index in [1.165, 1.54) is 16.3 Å². The summed E-state index contributed by atoms with van der Waals surface area (Å²) in [5, 5.41) is 1.14. The molecule has 3 aromatic rings. The molecule has 0 unspecified atom stereocenters. The molecule has 0 amide bonds. The van der Waals surface area contributed by atoms with E-state index in [2.05, 4.69) is 9.55 Å². The van der Waals surface area contributed by atoms with Crippen LogP contribution in [0.15, 0.2) is 40.3 Å². The molecule has 3 heterocycles. The lowest BCUT2D eigenvalue weighted by atomic mass is 10.2. The zero-order valence-electron chi connectivity index (χ0n) is 17.0. The van der Waals surface area contributed by atoms with Gasteiger partial charge < -0.3 is 9.30 Å². The number of hydrogen-bond acceptors (Lipinski definition) is 5. The summed E-state index contributed by atoms with van der Waals surface area (Å²) in [6.07, 6.45) is 2.40. The van der Waals surface area contributed by atoms with Crippen LogP contribution >= 0.6 is 11.8 Å². The van der Waals surface area contributed by atoms with Crippen molar-refractivity contribution in [2.24, 2.45) is 7.05 Å². The molecule has 0 radical (unpaired) electrons. The topological polar surface area (TPSA) is 66.1 Å². The number of hydrogen-bond donors (Lipinski definition) is 0. The molecule has 1 aromatic carbocycles. The molecular weight excluding hydrogens is 386 g/mol. The predicted molar refractivity (Wildman–Crippen MR) is 115 cm³/mol. The average Bonchev–Trinajstić information content (AvgIpc) is 3.33. The molecule has 152 valence electrons. The van der Waals surface area contributed by atoms with Crippen molar-refractivity contribution in [2.75, 3.05) is 12.4 Å². The molecule has 1 aliphatic rings. The van der Waals surface area contributed by atoms with Gasteiger partial charge in [-0.3, -0.25) is 14.2 Å². The van der Waals surface area contributed by atoms with Gasteiger partial charge in [-0.1, -0.05) is 23.9 Å². The fraction of sp³-hybridized carbons (Fsp3) is 0.409. The quantitative estimate of drug-likeness (QED) is 0.353. The van der Waals surface area contributed by atoms with E-state index in [1.54, 1.807) is 13.1 Å². The maximum Gasteiger partial charge on any atom is 0.261 e. The van der Waals surface area contributed by atoms with Gasteiger partial charge in [-0.25, -0.2) is 4.98 Å². The Bertz CT molecular complexity index is 1130. The number of ether oxygens (including phenoxy) is 1. The Morgan fingerprint density at radius 3 is 2.86 bits per heavy atom. The lowest BCUT2D eigenvalue weighted by Gasteiger charge is -2.14. The number of thioether (sulfide) groups is 1. The number of benzene rings is 1. The summed E-state index contributed by atoms with van der Waals surface area (Å²) in [7, 11) is 1.70. The molecule has 2 aromatic heterocycles. The predicted octanol–water partition coefficient (Wildman–Crippen LogP) is 3.51. The molecule has 0 bridgehead atoms. The van der Waals surface area contributed by atoms with Gasteiger partial charge in [0.25, 0.3) is 5.56 Å². The number of Topliss-reactive ketones (excluding diaryl/α,β-unsaturated/α-hetero) is 1. The second kappa shape index (κ2) is 8.16. The molecule has 1 fully saturated rings. The van der Waals surface area contributed by atoms with E-state index >= 15 is 0 Å². The van der Waals surface area contributed by atoms with Crippen molar-refractivity contribution in [3.63, 3.8) is 0 Å². The number of aryl methyl sites for hydroxylation is 1. The van der Waals surface area contributed by atoms with Crippen molar-refractivity contribution in [1.82, 2.24) is 14.1 Å². The minimum atomic E-state index is -0.0970. The summed E-state index contributed by atoms with van der Waals surface area (Å²) >= 11 is 1.30. The molecule has 0 spiro atoms. The van der Waals surface area contributed by atoms with Gasteiger partial charge in [0.2, 0.25) is 0 Å². The number of rotatable bonds is 6. The first-order valence-corrected chi connectivity index (χ1v) is 10.8. The van der Waals surface area contributed by atoms with Gasteiger partial charge in [-0.05, 0) is 44.9 Å². The molecule has 1 saturated heterocycles. The van der Waals surface area contributed by atoms with Crippen molar-refractivity contribution >= 4 is 28.4 Å². The zero-order valence-corrected chi connectivity index (χ0v) is 17.8. The summed E-state index contributed by atoms with van der Waals surface area (Å²) in [6.45, 7) is 5.63. The fourth-order valence-electron chi connectivity index (χ4n) is 3.89. The smallest absolute Gasteiger partial charge is 0.261 e. The van der Waals surface area contributed by atoms with Crippen LogP contribution < -0.4 is 5.56 Å². The first-order chi connectivity index (χ1) is 14.0. The van der Waals surface area contributed by atoms with Gasteiger partial charge in [0.15, 0.2) is 10.9 Å². The molecule has 0 N–H and O–H groups in total. The van der Waals surface area contributed by atoms with Crippen LogP contribution in [0.3, 0.4) is 0 Å². The van der Waals surface area contributed by atoms with E-state index < -0.39 is 0 Å². The Morgan fingerprint density at radius 2 is 2.10 bits per heavy atom. The van der Waals surface area contributed by atoms with E-state index in [9.17, 15) is 9.59 Å². The van der Waals surface area contributed by atoms with Crippen LogP contribution in [0.5, 0.6) is 0 Å². The van der Waals surface area contributed by atoms with Gasteiger partial charge in [-0.2, -0.15) is 0 Å². The third-order valence-electron chi connectivity index (χ3n) is 5.56. The van der Waals surface area contributed by atoms with E-state index in [4.69, 9.17) is 4.74 Å². The van der Waals surface area contributed by atoms with Gasteiger partial charge in [0.05, 0.1) is 22.8 Å². The highest BCUT2D eigenvalue weighted by Crippen LogP contribution is 2.23. The lowest BCUT2D eigenvalue weighted by molar-refractivity contribution is 0.0957. The number of carbonyl (C=O) groups is 1. The van der Waals surface area contributed by atoms with Crippen LogP contribution in [0.4, 0.5) is 0 Å². The van der Waals surface area contributed by atoms with Gasteiger partial charge in [0, 0.05) is 37.2 Å². The molecule has 1 atom stereocenters. The van der Waals surface area contributed by atoms with Crippen LogP contribution in [0.1, 0.15) is 34.6 Å². The summed E-state index contributed by atoms with van der Waals surface area (Å²) < 4.78 is 9.44. The Hall–Kier alpha value is -2.38. The fourth-order valence-corrected chi connectivity index (χ4v) is 4.75. The van der Waals surface area contributed by atoms with Gasteiger partial charge >= 0.3 is 0 Å². The molecule has 4 rings (SSSR count). The van der Waals surface area contributed by atoms with Crippen molar-refractivity contribution in [3.8, 4) is 0 Å². The molecule has 6 nitrogen and oxygen atoms in total. The summed E-state index contributed by atoms with van der Waals surface area (Å²) in [6, 6.07) is 9.24. The second-order valence-electron chi connectivity index (χ2n) is 7.52. The molecular formula is C22H25N3O3S. The summed E-state index contributed by atoms with van der Waals surface area (Å²) in [5.41, 5.74) is 3.34. The zero-order chi connectivity index (χ0) is 20.5. The average molecular weight is 412 g/mol. The molecule has 7 heteroatoms. The number of carbonyl (C=O) groups excluding carboxylic acids is 1. The first kappa shape index (κ1) is 19.9. The van der Waals surface area contributed by atoms with Crippen LogP contribution in [0.25, 0.3) is 10.9 Å². The maximum atomic E-state index is 12.9. The number of fused-ring (bicyclic) bond motifs is 1. The minimum absolute atomic E-state index is 0.0455. The molecule has 29 heavy (non-hydrogen) atoms. The normalized spacial score (nSPS) is 16.6. The highest BCUT2D eigenvalue weighted by Gasteiger charge is 2.21. The Balaban J connectivity index is 1.52. The van der Waals surface area contributed by atoms with Crippen LogP contribution in [0, 0.1) is 13.8 Å². The standard InChI is InChI=1S/C22H25N3O3S/c1-14-11-18(15(2)25(14)12-16-7-6-10-28-16)20(26)13-29-22-23-19-9-5-4-8-17(19)21(27)24(22)3/h4-5,8-9,11,16H,6-7,10,12-13H2,1-3H3/t16-/m1/s1. The van der Waals surface area contributed by atoms with Crippen molar-refractivity contribution in [2.45, 2.75) is 44.5 Å². The Kier molecular flexibility index (Phi) is 5.61. The van der Waals surface area contributed by atoms with Gasteiger partial charge in [0.1, 0.15) is 0 Å². The van der Waals surface area contributed by atoms with Crippen molar-refractivity contribution in [3.05, 3.63) is 57.6 Å². The molecule has 1 aliphatic heterocycles. The number of ketones is 1. The number of aromatic nitrogens is 3. The van der Waals surface area contributed by atoms with E-state index in [0.717, 1.165) is 42.9 Å². The highest BCUT2D eigenvalue weighted by molar-refractivity contribution is 7.99. The first-order valence-electron chi connectivity index (χ1n) is 9.86. The summed E-state index contributed by atoms with van der Waals surface area (Å²) in [4.78, 5) is 30.0. The minimum Gasteiger partial charge on any atom is -0.376 e. The lowest BCUT2D eigenvalue weighted by Crippen LogP contribution is -2.20. The second-order valence-corrected chi connectivity index (χ2v) is 8.46. The highest BCUT2D eigenvalue weighted by atomic mass is 32.2.